The molecule has 0 saturated heterocycles. The van der Waals surface area contributed by atoms with Crippen LogP contribution in [0.3, 0.4) is 0 Å². The lowest BCUT2D eigenvalue weighted by molar-refractivity contribution is 0.0698. The van der Waals surface area contributed by atoms with Gasteiger partial charge in [-0.1, -0.05) is 15.9 Å². The smallest absolute Gasteiger partial charge is 0.337 e. The molecule has 1 heterocycles. The Morgan fingerprint density at radius 1 is 1.58 bits per heavy atom. The van der Waals surface area contributed by atoms with Crippen LogP contribution in [0.4, 0.5) is 5.69 Å². The Balaban J connectivity index is 2.13. The second-order valence-electron chi connectivity index (χ2n) is 4.30. The Kier molecular flexibility index (Phi) is 4.21. The zero-order valence-electron chi connectivity index (χ0n) is 10.4. The number of anilines is 1. The van der Waals surface area contributed by atoms with Crippen LogP contribution in [0.1, 0.15) is 17.3 Å². The molecular formula is C13H14BrN3O2. The molecule has 0 aliphatic carbocycles. The van der Waals surface area contributed by atoms with E-state index in [9.17, 15) is 4.79 Å². The fraction of sp³-hybridized carbons (Fsp3) is 0.231. The normalized spacial score (nSPS) is 12.1. The summed E-state index contributed by atoms with van der Waals surface area (Å²) < 4.78 is 2.78. The molecule has 0 aliphatic rings. The Bertz CT molecular complexity index is 569. The van der Waals surface area contributed by atoms with Gasteiger partial charge in [0.15, 0.2) is 0 Å². The maximum absolute atomic E-state index is 11.2. The van der Waals surface area contributed by atoms with Crippen LogP contribution >= 0.6 is 15.9 Å². The second kappa shape index (κ2) is 5.88. The van der Waals surface area contributed by atoms with Crippen molar-refractivity contribution >= 4 is 27.6 Å². The Morgan fingerprint density at radius 2 is 2.37 bits per heavy atom. The van der Waals surface area contributed by atoms with Crippen molar-refractivity contribution in [1.82, 2.24) is 9.55 Å². The molecule has 0 spiro atoms. The quantitative estimate of drug-likeness (QED) is 0.887. The molecule has 0 fully saturated rings. The Labute approximate surface area is 119 Å². The number of hydrogen-bond donors (Lipinski definition) is 2. The summed E-state index contributed by atoms with van der Waals surface area (Å²) in [6, 6.07) is 5.16. The summed E-state index contributed by atoms with van der Waals surface area (Å²) in [5, 5.41) is 12.4. The molecule has 2 N–H and O–H groups in total. The van der Waals surface area contributed by atoms with Crippen LogP contribution in [0.5, 0.6) is 0 Å². The van der Waals surface area contributed by atoms with E-state index in [1.54, 1.807) is 30.7 Å². The highest BCUT2D eigenvalue weighted by molar-refractivity contribution is 9.10. The molecule has 6 heteroatoms. The highest BCUT2D eigenvalue weighted by Crippen LogP contribution is 2.22. The number of nitrogens with zero attached hydrogens (tertiary/aromatic N) is 2. The first kappa shape index (κ1) is 13.6. The fourth-order valence-electron chi connectivity index (χ4n) is 1.84. The first-order valence-corrected chi connectivity index (χ1v) is 6.60. The lowest BCUT2D eigenvalue weighted by Gasteiger charge is -2.17. The van der Waals surface area contributed by atoms with Crippen LogP contribution in [0.25, 0.3) is 0 Å². The molecule has 2 aromatic rings. The van der Waals surface area contributed by atoms with Crippen LogP contribution in [0.2, 0.25) is 0 Å². The minimum absolute atomic E-state index is 0.0848. The van der Waals surface area contributed by atoms with Crippen molar-refractivity contribution in [2.75, 3.05) is 5.32 Å². The van der Waals surface area contributed by atoms with E-state index in [0.717, 1.165) is 4.47 Å². The van der Waals surface area contributed by atoms with E-state index < -0.39 is 5.97 Å². The summed E-state index contributed by atoms with van der Waals surface area (Å²) in [5.41, 5.74) is 0.871. The summed E-state index contributed by atoms with van der Waals surface area (Å²) >= 11 is 3.35. The van der Waals surface area contributed by atoms with Gasteiger partial charge < -0.3 is 15.0 Å². The van der Waals surface area contributed by atoms with E-state index >= 15 is 0 Å². The predicted molar refractivity (Wildman–Crippen MR) is 76.4 cm³/mol. The van der Waals surface area contributed by atoms with Crippen LogP contribution in [-0.2, 0) is 6.54 Å². The number of carbonyl (C=O) groups is 1. The van der Waals surface area contributed by atoms with E-state index in [1.807, 2.05) is 17.7 Å². The number of aromatic carboxylic acids is 1. The SMILES string of the molecule is CC(Cn1ccnc1)Nc1cc(Br)ccc1C(=O)O. The van der Waals surface area contributed by atoms with Gasteiger partial charge in [-0.3, -0.25) is 0 Å². The zero-order chi connectivity index (χ0) is 13.8. The Morgan fingerprint density at radius 3 is 3.00 bits per heavy atom. The van der Waals surface area contributed by atoms with Gasteiger partial charge in [0.25, 0.3) is 0 Å². The number of benzene rings is 1. The summed E-state index contributed by atoms with van der Waals surface area (Å²) in [4.78, 5) is 15.1. The molecule has 0 bridgehead atoms. The Hall–Kier alpha value is -1.82. The maximum atomic E-state index is 11.2. The fourth-order valence-corrected chi connectivity index (χ4v) is 2.21. The van der Waals surface area contributed by atoms with Crippen molar-refractivity contribution < 1.29 is 9.90 Å². The number of imidazole rings is 1. The molecule has 2 rings (SSSR count). The standard InChI is InChI=1S/C13H14BrN3O2/c1-9(7-17-5-4-15-8-17)16-12-6-10(14)2-3-11(12)13(18)19/h2-6,8-9,16H,7H2,1H3,(H,18,19). The molecule has 0 radical (unpaired) electrons. The van der Waals surface area contributed by atoms with Gasteiger partial charge in [-0.2, -0.15) is 0 Å². The summed E-state index contributed by atoms with van der Waals surface area (Å²) in [5.74, 6) is -0.940. The third-order valence-corrected chi connectivity index (χ3v) is 3.15. The first-order chi connectivity index (χ1) is 9.06. The molecule has 0 aliphatic heterocycles. The van der Waals surface area contributed by atoms with Gasteiger partial charge in [-0.05, 0) is 25.1 Å². The number of nitrogens with one attached hydrogen (secondary N) is 1. The minimum atomic E-state index is -0.940. The largest absolute Gasteiger partial charge is 0.478 e. The van der Waals surface area contributed by atoms with Crippen LogP contribution in [0, 0.1) is 0 Å². The number of carboxylic acids is 1. The van der Waals surface area contributed by atoms with Crippen LogP contribution < -0.4 is 5.32 Å². The summed E-state index contributed by atoms with van der Waals surface area (Å²) in [6.45, 7) is 2.71. The van der Waals surface area contributed by atoms with E-state index in [0.29, 0.717) is 12.2 Å². The van der Waals surface area contributed by atoms with E-state index in [1.165, 1.54) is 0 Å². The molecule has 1 aromatic carbocycles. The molecule has 1 atom stereocenters. The van der Waals surface area contributed by atoms with Crippen LogP contribution in [-0.4, -0.2) is 26.7 Å². The van der Waals surface area contributed by atoms with Gasteiger partial charge >= 0.3 is 5.97 Å². The summed E-state index contributed by atoms with van der Waals surface area (Å²) in [7, 11) is 0. The number of hydrogen-bond acceptors (Lipinski definition) is 3. The van der Waals surface area contributed by atoms with Crippen molar-refractivity contribution in [3.8, 4) is 0 Å². The molecule has 1 unspecified atom stereocenters. The minimum Gasteiger partial charge on any atom is -0.478 e. The first-order valence-electron chi connectivity index (χ1n) is 5.81. The monoisotopic (exact) mass is 323 g/mol. The molecule has 100 valence electrons. The van der Waals surface area contributed by atoms with E-state index in [-0.39, 0.29) is 11.6 Å². The average molecular weight is 324 g/mol. The topological polar surface area (TPSA) is 67.2 Å². The lowest BCUT2D eigenvalue weighted by Crippen LogP contribution is -2.22. The van der Waals surface area contributed by atoms with E-state index in [4.69, 9.17) is 5.11 Å². The van der Waals surface area contributed by atoms with Gasteiger partial charge in [-0.15, -0.1) is 0 Å². The van der Waals surface area contributed by atoms with Crippen molar-refractivity contribution in [2.45, 2.75) is 19.5 Å². The molecular weight excluding hydrogens is 310 g/mol. The third kappa shape index (κ3) is 3.57. The van der Waals surface area contributed by atoms with Gasteiger partial charge in [-0.25, -0.2) is 9.78 Å². The second-order valence-corrected chi connectivity index (χ2v) is 5.22. The highest BCUT2D eigenvalue weighted by Gasteiger charge is 2.12. The molecule has 19 heavy (non-hydrogen) atoms. The van der Waals surface area contributed by atoms with E-state index in [2.05, 4.69) is 26.2 Å². The number of aromatic nitrogens is 2. The molecule has 0 amide bonds. The van der Waals surface area contributed by atoms with Crippen LogP contribution in [0.15, 0.2) is 41.4 Å². The number of carboxylic acid groups (broad SMARTS) is 1. The van der Waals surface area contributed by atoms with Gasteiger partial charge in [0, 0.05) is 29.5 Å². The average Bonchev–Trinajstić information content (AvgIpc) is 2.81. The van der Waals surface area contributed by atoms with Crippen molar-refractivity contribution in [2.24, 2.45) is 0 Å². The molecule has 5 nitrogen and oxygen atoms in total. The molecule has 0 saturated carbocycles. The van der Waals surface area contributed by atoms with Crippen molar-refractivity contribution in [3.05, 3.63) is 47.0 Å². The van der Waals surface area contributed by atoms with Crippen molar-refractivity contribution in [3.63, 3.8) is 0 Å². The third-order valence-electron chi connectivity index (χ3n) is 2.66. The highest BCUT2D eigenvalue weighted by atomic mass is 79.9. The molecule has 1 aromatic heterocycles. The van der Waals surface area contributed by atoms with Gasteiger partial charge in [0.1, 0.15) is 0 Å². The lowest BCUT2D eigenvalue weighted by atomic mass is 10.1. The predicted octanol–water partition coefficient (Wildman–Crippen LogP) is 2.84. The van der Waals surface area contributed by atoms with Crippen molar-refractivity contribution in [1.29, 1.82) is 0 Å². The number of halogens is 1. The maximum Gasteiger partial charge on any atom is 0.337 e. The zero-order valence-corrected chi connectivity index (χ0v) is 12.0. The summed E-state index contributed by atoms with van der Waals surface area (Å²) in [6.07, 6.45) is 5.32. The van der Waals surface area contributed by atoms with Gasteiger partial charge in [0.05, 0.1) is 17.6 Å². The number of rotatable bonds is 5. The van der Waals surface area contributed by atoms with Gasteiger partial charge in [0.2, 0.25) is 0 Å².